The maximum atomic E-state index is 6.64. The van der Waals surface area contributed by atoms with Gasteiger partial charge in [0.1, 0.15) is 0 Å². The minimum atomic E-state index is -0.533. The number of fused-ring (bicyclic) bond motifs is 9. The minimum absolute atomic E-state index is 0.446. The van der Waals surface area contributed by atoms with E-state index in [1.54, 1.807) is 0 Å². The van der Waals surface area contributed by atoms with Crippen LogP contribution >= 0.6 is 11.8 Å². The van der Waals surface area contributed by atoms with Crippen molar-refractivity contribution in [3.8, 4) is 22.3 Å². The second-order valence-corrected chi connectivity index (χ2v) is 17.2. The third-order valence-corrected chi connectivity index (χ3v) is 13.4. The number of benzene rings is 5. The van der Waals surface area contributed by atoms with E-state index in [9.17, 15) is 0 Å². The molecule has 2 saturated heterocycles. The highest BCUT2D eigenvalue weighted by atomic mass is 32.2. The Bertz CT molecular complexity index is 2070. The fraction of sp³-hybridized carbons (Fsp3) is 0.302. The van der Waals surface area contributed by atoms with Crippen molar-refractivity contribution < 1.29 is 18.6 Å². The Hall–Kier alpha value is -3.58. The molecule has 1 aliphatic carbocycles. The highest BCUT2D eigenvalue weighted by Crippen LogP contribution is 2.63. The Kier molecular flexibility index (Phi) is 6.93. The SMILES string of the molecule is CC1(C)OB(c2cc(B3OC(C)(C)C(C)(C)O3)cc(-c3cccc4c3Sc3ccccc3C43c4ccccc4-c4ccccc43)c2)OC1(C)C. The number of rotatable bonds is 3. The predicted octanol–water partition coefficient (Wildman–Crippen LogP) is 8.78. The van der Waals surface area contributed by atoms with Crippen molar-refractivity contribution in [2.75, 3.05) is 0 Å². The van der Waals surface area contributed by atoms with E-state index in [0.717, 1.165) is 16.5 Å². The molecular weight excluding hydrogens is 634 g/mol. The van der Waals surface area contributed by atoms with Gasteiger partial charge in [0.15, 0.2) is 0 Å². The van der Waals surface area contributed by atoms with E-state index in [2.05, 4.69) is 165 Å². The lowest BCUT2D eigenvalue weighted by Gasteiger charge is -2.40. The third kappa shape index (κ3) is 4.43. The average Bonchev–Trinajstić information content (AvgIpc) is 3.60. The van der Waals surface area contributed by atoms with E-state index in [1.807, 2.05) is 11.8 Å². The molecule has 0 N–H and O–H groups in total. The summed E-state index contributed by atoms with van der Waals surface area (Å²) in [4.78, 5) is 2.52. The largest absolute Gasteiger partial charge is 0.494 e. The van der Waals surface area contributed by atoms with Gasteiger partial charge in [-0.3, -0.25) is 0 Å². The summed E-state index contributed by atoms with van der Waals surface area (Å²) in [7, 11) is -1.07. The second kappa shape index (κ2) is 10.7. The van der Waals surface area contributed by atoms with Gasteiger partial charge in [-0.25, -0.2) is 0 Å². The molecule has 0 atom stereocenters. The van der Waals surface area contributed by atoms with Crippen LogP contribution in [0, 0.1) is 0 Å². The van der Waals surface area contributed by atoms with Crippen LogP contribution in [-0.2, 0) is 24.0 Å². The van der Waals surface area contributed by atoms with Gasteiger partial charge in [-0.1, -0.05) is 115 Å². The first-order chi connectivity index (χ1) is 23.7. The smallest absolute Gasteiger partial charge is 0.399 e. The quantitative estimate of drug-likeness (QED) is 0.175. The van der Waals surface area contributed by atoms with Crippen LogP contribution in [0.15, 0.2) is 119 Å². The first-order valence-corrected chi connectivity index (χ1v) is 18.5. The van der Waals surface area contributed by atoms with Crippen LogP contribution in [0.1, 0.15) is 77.6 Å². The van der Waals surface area contributed by atoms with Crippen LogP contribution in [0.3, 0.4) is 0 Å². The summed E-state index contributed by atoms with van der Waals surface area (Å²) < 4.78 is 26.6. The molecule has 0 radical (unpaired) electrons. The highest BCUT2D eigenvalue weighted by Gasteiger charge is 2.55. The Morgan fingerprint density at radius 1 is 0.440 bits per heavy atom. The summed E-state index contributed by atoms with van der Waals surface area (Å²) in [5, 5.41) is 0. The first kappa shape index (κ1) is 32.3. The minimum Gasteiger partial charge on any atom is -0.399 e. The van der Waals surface area contributed by atoms with Gasteiger partial charge < -0.3 is 18.6 Å². The highest BCUT2D eigenvalue weighted by molar-refractivity contribution is 7.99. The summed E-state index contributed by atoms with van der Waals surface area (Å²) in [5.41, 5.74) is 9.71. The van der Waals surface area contributed by atoms with Crippen LogP contribution in [0.4, 0.5) is 0 Å². The Morgan fingerprint density at radius 2 is 0.860 bits per heavy atom. The van der Waals surface area contributed by atoms with Gasteiger partial charge in [0.25, 0.3) is 0 Å². The lowest BCUT2D eigenvalue weighted by molar-refractivity contribution is 0.00578. The van der Waals surface area contributed by atoms with Crippen LogP contribution < -0.4 is 10.9 Å². The number of hydrogen-bond donors (Lipinski definition) is 0. The zero-order valence-corrected chi connectivity index (χ0v) is 30.9. The fourth-order valence-electron chi connectivity index (χ4n) is 8.17. The molecule has 5 aromatic carbocycles. The third-order valence-electron chi connectivity index (χ3n) is 12.2. The summed E-state index contributed by atoms with van der Waals surface area (Å²) in [6, 6.07) is 40.3. The molecule has 0 unspecified atom stereocenters. The number of hydrogen-bond acceptors (Lipinski definition) is 5. The van der Waals surface area contributed by atoms with Crippen molar-refractivity contribution in [2.24, 2.45) is 0 Å². The molecule has 0 aromatic heterocycles. The van der Waals surface area contributed by atoms with Gasteiger partial charge in [-0.2, -0.15) is 0 Å². The summed E-state index contributed by atoms with van der Waals surface area (Å²) in [6.45, 7) is 16.8. The van der Waals surface area contributed by atoms with Crippen molar-refractivity contribution in [3.05, 3.63) is 131 Å². The van der Waals surface area contributed by atoms with E-state index in [-0.39, 0.29) is 0 Å². The maximum Gasteiger partial charge on any atom is 0.494 e. The molecule has 50 heavy (non-hydrogen) atoms. The van der Waals surface area contributed by atoms with Crippen LogP contribution in [0.2, 0.25) is 0 Å². The molecule has 2 fully saturated rings. The van der Waals surface area contributed by atoms with E-state index in [1.165, 1.54) is 48.7 Å². The van der Waals surface area contributed by atoms with Crippen molar-refractivity contribution in [1.29, 1.82) is 0 Å². The molecule has 4 nitrogen and oxygen atoms in total. The van der Waals surface area contributed by atoms with Crippen LogP contribution in [0.5, 0.6) is 0 Å². The molecule has 3 aliphatic heterocycles. The molecule has 0 bridgehead atoms. The molecule has 0 saturated carbocycles. The molecular formula is C43H42B2O4S. The lowest BCUT2D eigenvalue weighted by Crippen LogP contribution is -2.41. The van der Waals surface area contributed by atoms with Crippen molar-refractivity contribution >= 4 is 36.9 Å². The van der Waals surface area contributed by atoms with E-state index < -0.39 is 42.1 Å². The second-order valence-electron chi connectivity index (χ2n) is 16.2. The molecule has 7 heteroatoms. The van der Waals surface area contributed by atoms with E-state index >= 15 is 0 Å². The molecule has 4 aliphatic rings. The first-order valence-electron chi connectivity index (χ1n) is 17.7. The van der Waals surface area contributed by atoms with Crippen molar-refractivity contribution in [2.45, 2.75) is 93.0 Å². The van der Waals surface area contributed by atoms with Gasteiger partial charge in [-0.15, -0.1) is 0 Å². The van der Waals surface area contributed by atoms with Gasteiger partial charge in [-0.05, 0) is 117 Å². The van der Waals surface area contributed by atoms with Gasteiger partial charge >= 0.3 is 14.2 Å². The monoisotopic (exact) mass is 676 g/mol. The van der Waals surface area contributed by atoms with Gasteiger partial charge in [0.2, 0.25) is 0 Å². The normalized spacial score (nSPS) is 21.1. The molecule has 0 amide bonds. The maximum absolute atomic E-state index is 6.64. The fourth-order valence-corrected chi connectivity index (χ4v) is 9.49. The van der Waals surface area contributed by atoms with E-state index in [0.29, 0.717) is 0 Å². The topological polar surface area (TPSA) is 36.9 Å². The van der Waals surface area contributed by atoms with Crippen molar-refractivity contribution in [1.82, 2.24) is 0 Å². The molecule has 250 valence electrons. The average molecular weight is 676 g/mol. The van der Waals surface area contributed by atoms with Gasteiger partial charge in [0.05, 0.1) is 27.8 Å². The predicted molar refractivity (Wildman–Crippen MR) is 205 cm³/mol. The lowest BCUT2D eigenvalue weighted by atomic mass is 9.66. The summed E-state index contributed by atoms with van der Waals surface area (Å²) in [5.74, 6) is 0. The molecule has 3 heterocycles. The van der Waals surface area contributed by atoms with Crippen LogP contribution in [0.25, 0.3) is 22.3 Å². The van der Waals surface area contributed by atoms with Crippen LogP contribution in [-0.4, -0.2) is 36.6 Å². The van der Waals surface area contributed by atoms with Gasteiger partial charge in [0, 0.05) is 9.79 Å². The Labute approximate surface area is 301 Å². The van der Waals surface area contributed by atoms with Crippen molar-refractivity contribution in [3.63, 3.8) is 0 Å². The zero-order chi connectivity index (χ0) is 34.8. The molecule has 5 aromatic rings. The zero-order valence-electron chi connectivity index (χ0n) is 30.1. The Balaban J connectivity index is 1.28. The van der Waals surface area contributed by atoms with E-state index in [4.69, 9.17) is 18.6 Å². The Morgan fingerprint density at radius 3 is 1.38 bits per heavy atom. The summed E-state index contributed by atoms with van der Waals surface area (Å²) >= 11 is 1.86. The standard InChI is InChI=1S/C43H42B2O4S/c1-39(2)40(3,4)47-44(46-39)28-24-27(25-29(26-28)45-48-41(5,6)42(7,8)49-45)30-18-15-22-36-38(30)50-37-23-14-13-21-35(37)43(36)33-19-11-9-16-31(33)32-17-10-12-20-34(32)43/h9-26H,1-8H3. The molecule has 1 spiro atoms. The molecule has 9 rings (SSSR count). The summed E-state index contributed by atoms with van der Waals surface area (Å²) in [6.07, 6.45) is 0.